The molecule has 0 amide bonds. The van der Waals surface area contributed by atoms with E-state index in [2.05, 4.69) is 32.3 Å². The van der Waals surface area contributed by atoms with Gasteiger partial charge in [-0.2, -0.15) is 0 Å². The lowest BCUT2D eigenvalue weighted by molar-refractivity contribution is 0.122. The number of aryl methyl sites for hydroxylation is 1. The average Bonchev–Trinajstić information content (AvgIpc) is 3.03. The molecule has 1 aliphatic heterocycles. The van der Waals surface area contributed by atoms with Gasteiger partial charge in [0, 0.05) is 38.6 Å². The number of benzene rings is 1. The van der Waals surface area contributed by atoms with Crippen molar-refractivity contribution in [2.75, 3.05) is 50.6 Å². The van der Waals surface area contributed by atoms with Crippen molar-refractivity contribution in [2.24, 2.45) is 4.99 Å². The predicted molar refractivity (Wildman–Crippen MR) is 114 cm³/mol. The molecular weight excluding hydrogens is 398 g/mol. The minimum absolute atomic E-state index is 0.221. The van der Waals surface area contributed by atoms with Gasteiger partial charge in [-0.3, -0.25) is 0 Å². The number of aromatic nitrogens is 1. The van der Waals surface area contributed by atoms with Crippen LogP contribution in [-0.4, -0.2) is 63.9 Å². The number of anilines is 2. The number of morpholine rings is 1. The minimum Gasteiger partial charge on any atom is -0.378 e. The summed E-state index contributed by atoms with van der Waals surface area (Å²) in [7, 11) is -0.501. The number of sulfonamides is 1. The van der Waals surface area contributed by atoms with Crippen LogP contribution in [0.5, 0.6) is 0 Å². The molecule has 0 spiro atoms. The molecular formula is C18H25N5O3S2. The van der Waals surface area contributed by atoms with E-state index in [0.29, 0.717) is 16.7 Å². The fourth-order valence-electron chi connectivity index (χ4n) is 2.78. The minimum atomic E-state index is -3.51. The monoisotopic (exact) mass is 423 g/mol. The molecule has 1 saturated heterocycles. The van der Waals surface area contributed by atoms with Crippen molar-refractivity contribution in [3.8, 4) is 0 Å². The third-order valence-corrected chi connectivity index (χ3v) is 7.74. The van der Waals surface area contributed by atoms with E-state index in [4.69, 9.17) is 4.74 Å². The van der Waals surface area contributed by atoms with Gasteiger partial charge in [0.15, 0.2) is 4.21 Å². The van der Waals surface area contributed by atoms with E-state index in [9.17, 15) is 8.42 Å². The summed E-state index contributed by atoms with van der Waals surface area (Å²) in [5, 5.41) is 3.63. The number of hydrogen-bond acceptors (Lipinski definition) is 7. The number of amidine groups is 1. The highest BCUT2D eigenvalue weighted by Gasteiger charge is 2.24. The number of rotatable bonds is 5. The quantitative estimate of drug-likeness (QED) is 0.588. The van der Waals surface area contributed by atoms with E-state index >= 15 is 0 Å². The van der Waals surface area contributed by atoms with Crippen LogP contribution in [0.4, 0.5) is 16.5 Å². The highest BCUT2D eigenvalue weighted by molar-refractivity contribution is 7.91. The first kappa shape index (κ1) is 20.7. The standard InChI is InChI=1S/C18H25N5O3S2/c1-13-17(28(24,25)22(3)4)27-18(19-13)21-14(2)20-15-5-7-16(8-6-15)23-9-11-26-12-10-23/h5-8H,9-12H2,1-4H3,(H,19,20,21). The molecule has 1 aromatic heterocycles. The van der Waals surface area contributed by atoms with E-state index in [1.807, 2.05) is 19.1 Å². The third-order valence-electron chi connectivity index (χ3n) is 4.29. The maximum absolute atomic E-state index is 12.3. The number of nitrogens with one attached hydrogen (secondary N) is 1. The van der Waals surface area contributed by atoms with Crippen LogP contribution in [0.3, 0.4) is 0 Å². The van der Waals surface area contributed by atoms with Gasteiger partial charge in [0.05, 0.1) is 18.9 Å². The zero-order valence-electron chi connectivity index (χ0n) is 16.5. The molecule has 3 rings (SSSR count). The lowest BCUT2D eigenvalue weighted by Crippen LogP contribution is -2.36. The first-order chi connectivity index (χ1) is 13.3. The Bertz CT molecular complexity index is 946. The summed E-state index contributed by atoms with van der Waals surface area (Å²) in [6, 6.07) is 8.13. The summed E-state index contributed by atoms with van der Waals surface area (Å²) in [4.78, 5) is 11.0. The molecule has 0 radical (unpaired) electrons. The van der Waals surface area contributed by atoms with Gasteiger partial charge in [0.1, 0.15) is 5.84 Å². The Kier molecular flexibility index (Phi) is 6.33. The van der Waals surface area contributed by atoms with Crippen LogP contribution >= 0.6 is 11.3 Å². The van der Waals surface area contributed by atoms with Crippen LogP contribution in [-0.2, 0) is 14.8 Å². The number of ether oxygens (including phenoxy) is 1. The Morgan fingerprint density at radius 1 is 1.25 bits per heavy atom. The Hall–Kier alpha value is -2.01. The second kappa shape index (κ2) is 8.56. The molecule has 10 heteroatoms. The van der Waals surface area contributed by atoms with Crippen molar-refractivity contribution >= 4 is 43.7 Å². The molecule has 0 unspecified atom stereocenters. The Labute approximate surface area is 169 Å². The van der Waals surface area contributed by atoms with Crippen molar-refractivity contribution in [1.82, 2.24) is 9.29 Å². The zero-order chi connectivity index (χ0) is 20.3. The molecule has 0 saturated carbocycles. The van der Waals surface area contributed by atoms with Crippen LogP contribution in [0.25, 0.3) is 0 Å². The molecule has 1 aromatic carbocycles. The maximum atomic E-state index is 12.3. The second-order valence-corrected chi connectivity index (χ2v) is 9.95. The molecule has 0 bridgehead atoms. The van der Waals surface area contributed by atoms with Gasteiger partial charge in [0.2, 0.25) is 5.13 Å². The van der Waals surface area contributed by atoms with Gasteiger partial charge in [-0.1, -0.05) is 11.3 Å². The van der Waals surface area contributed by atoms with Gasteiger partial charge in [-0.05, 0) is 38.1 Å². The van der Waals surface area contributed by atoms with Crippen molar-refractivity contribution in [3.63, 3.8) is 0 Å². The molecule has 0 aliphatic carbocycles. The van der Waals surface area contributed by atoms with E-state index in [1.54, 1.807) is 6.92 Å². The zero-order valence-corrected chi connectivity index (χ0v) is 18.1. The first-order valence-corrected chi connectivity index (χ1v) is 11.2. The van der Waals surface area contributed by atoms with Gasteiger partial charge < -0.3 is 15.0 Å². The lowest BCUT2D eigenvalue weighted by Gasteiger charge is -2.28. The van der Waals surface area contributed by atoms with E-state index in [0.717, 1.165) is 49.0 Å². The summed E-state index contributed by atoms with van der Waals surface area (Å²) >= 11 is 1.07. The fourth-order valence-corrected chi connectivity index (χ4v) is 5.35. The lowest BCUT2D eigenvalue weighted by atomic mass is 10.2. The topological polar surface area (TPSA) is 87.1 Å². The van der Waals surface area contributed by atoms with Crippen LogP contribution in [0.2, 0.25) is 0 Å². The van der Waals surface area contributed by atoms with Crippen molar-refractivity contribution in [1.29, 1.82) is 0 Å². The van der Waals surface area contributed by atoms with Gasteiger partial charge in [-0.15, -0.1) is 0 Å². The van der Waals surface area contributed by atoms with Gasteiger partial charge in [-0.25, -0.2) is 22.7 Å². The Morgan fingerprint density at radius 3 is 2.50 bits per heavy atom. The Morgan fingerprint density at radius 2 is 1.89 bits per heavy atom. The van der Waals surface area contributed by atoms with Crippen molar-refractivity contribution < 1.29 is 13.2 Å². The molecule has 2 aromatic rings. The summed E-state index contributed by atoms with van der Waals surface area (Å²) in [6.07, 6.45) is 0. The number of nitrogens with zero attached hydrogens (tertiary/aromatic N) is 4. The fraction of sp³-hybridized carbons (Fsp3) is 0.444. The van der Waals surface area contributed by atoms with Crippen LogP contribution in [0.1, 0.15) is 12.6 Å². The summed E-state index contributed by atoms with van der Waals surface area (Å²) < 4.78 is 31.4. The summed E-state index contributed by atoms with van der Waals surface area (Å²) in [5.41, 5.74) is 2.53. The van der Waals surface area contributed by atoms with E-state index in [-0.39, 0.29) is 4.21 Å². The molecule has 28 heavy (non-hydrogen) atoms. The second-order valence-electron chi connectivity index (χ2n) is 6.63. The van der Waals surface area contributed by atoms with Crippen molar-refractivity contribution in [3.05, 3.63) is 30.0 Å². The van der Waals surface area contributed by atoms with Crippen molar-refractivity contribution in [2.45, 2.75) is 18.1 Å². The van der Waals surface area contributed by atoms with Crippen LogP contribution in [0.15, 0.2) is 33.5 Å². The smallest absolute Gasteiger partial charge is 0.254 e. The largest absolute Gasteiger partial charge is 0.378 e. The first-order valence-electron chi connectivity index (χ1n) is 8.92. The molecule has 1 N–H and O–H groups in total. The number of aliphatic imine (C=N–C) groups is 1. The van der Waals surface area contributed by atoms with E-state index < -0.39 is 10.0 Å². The predicted octanol–water partition coefficient (Wildman–Crippen LogP) is 2.70. The molecule has 0 atom stereocenters. The SMILES string of the molecule is CC(=Nc1nc(C)c(S(=O)(=O)N(C)C)s1)Nc1ccc(N2CCOCC2)cc1. The summed E-state index contributed by atoms with van der Waals surface area (Å²) in [5.74, 6) is 0.640. The highest BCUT2D eigenvalue weighted by Crippen LogP contribution is 2.30. The molecule has 8 nitrogen and oxygen atoms in total. The highest BCUT2D eigenvalue weighted by atomic mass is 32.2. The maximum Gasteiger partial charge on any atom is 0.254 e. The third kappa shape index (κ3) is 4.69. The number of thiazole rings is 1. The van der Waals surface area contributed by atoms with Crippen LogP contribution < -0.4 is 10.2 Å². The van der Waals surface area contributed by atoms with Gasteiger partial charge in [0.25, 0.3) is 10.0 Å². The van der Waals surface area contributed by atoms with E-state index in [1.165, 1.54) is 18.4 Å². The number of hydrogen-bond donors (Lipinski definition) is 1. The molecule has 1 aliphatic rings. The molecule has 152 valence electrons. The summed E-state index contributed by atoms with van der Waals surface area (Å²) in [6.45, 7) is 6.81. The van der Waals surface area contributed by atoms with Crippen LogP contribution in [0, 0.1) is 6.92 Å². The molecule has 2 heterocycles. The Balaban J connectivity index is 1.71. The van der Waals surface area contributed by atoms with Gasteiger partial charge >= 0.3 is 0 Å². The molecule has 1 fully saturated rings. The average molecular weight is 424 g/mol. The normalized spacial score (nSPS) is 15.9.